The molecule has 0 radical (unpaired) electrons. The van der Waals surface area contributed by atoms with E-state index in [0.29, 0.717) is 18.1 Å². The maximum Gasteiger partial charge on any atom is 0.140 e. The molecule has 2 nitrogen and oxygen atoms in total. The summed E-state index contributed by atoms with van der Waals surface area (Å²) in [6, 6.07) is 3.83. The van der Waals surface area contributed by atoms with Gasteiger partial charge < -0.3 is 0 Å². The molecule has 0 saturated heterocycles. The minimum Gasteiger partial charge on any atom is -0.299 e. The predicted molar refractivity (Wildman–Crippen MR) is 61.7 cm³/mol. The molecule has 1 aromatic heterocycles. The molecule has 0 N–H and O–H groups in total. The number of carbonyl (C=O) groups is 1. The van der Waals surface area contributed by atoms with Gasteiger partial charge in [0, 0.05) is 24.7 Å². The highest BCUT2D eigenvalue weighted by molar-refractivity contribution is 5.85. The van der Waals surface area contributed by atoms with Crippen LogP contribution in [0.25, 0.3) is 0 Å². The summed E-state index contributed by atoms with van der Waals surface area (Å²) in [6.07, 6.45) is 5.14. The van der Waals surface area contributed by atoms with Crippen LogP contribution in [0, 0.1) is 5.92 Å². The quantitative estimate of drug-likeness (QED) is 0.739. The van der Waals surface area contributed by atoms with E-state index in [1.165, 1.54) is 0 Å². The molecule has 0 aromatic carbocycles. The number of ketones is 1. The zero-order chi connectivity index (χ0) is 11.3. The van der Waals surface area contributed by atoms with Crippen LogP contribution >= 0.6 is 0 Å². The summed E-state index contributed by atoms with van der Waals surface area (Å²) >= 11 is 0. The lowest BCUT2D eigenvalue weighted by Crippen LogP contribution is -2.10. The van der Waals surface area contributed by atoms with E-state index in [-0.39, 0.29) is 5.92 Å². The van der Waals surface area contributed by atoms with Crippen LogP contribution in [0.3, 0.4) is 0 Å². The van der Waals surface area contributed by atoms with Crippen LogP contribution in [0.15, 0.2) is 24.5 Å². The van der Waals surface area contributed by atoms with Crippen LogP contribution < -0.4 is 0 Å². The van der Waals surface area contributed by atoms with Gasteiger partial charge in [-0.15, -0.1) is 0 Å². The van der Waals surface area contributed by atoms with Gasteiger partial charge in [-0.1, -0.05) is 20.8 Å². The van der Waals surface area contributed by atoms with Gasteiger partial charge in [0.2, 0.25) is 0 Å². The summed E-state index contributed by atoms with van der Waals surface area (Å²) < 4.78 is 0. The third-order valence-electron chi connectivity index (χ3n) is 2.66. The van der Waals surface area contributed by atoms with Gasteiger partial charge in [0.05, 0.1) is 0 Å². The van der Waals surface area contributed by atoms with E-state index in [1.54, 1.807) is 12.4 Å². The molecular formula is C13H19NO. The molecule has 0 spiro atoms. The number of Topliss-reactive ketones (excluding diaryl/α,β-unsaturated/α-hetero) is 1. The number of nitrogens with zero attached hydrogens (tertiary/aromatic N) is 1. The molecular weight excluding hydrogens is 186 g/mol. The molecule has 82 valence electrons. The first-order valence-corrected chi connectivity index (χ1v) is 5.54. The summed E-state index contributed by atoms with van der Waals surface area (Å²) in [5, 5.41) is 0. The Morgan fingerprint density at radius 2 is 1.87 bits per heavy atom. The second-order valence-electron chi connectivity index (χ2n) is 4.40. The second kappa shape index (κ2) is 5.64. The first-order valence-electron chi connectivity index (χ1n) is 5.54. The topological polar surface area (TPSA) is 30.0 Å². The Labute approximate surface area is 91.7 Å². The molecule has 0 fully saturated rings. The van der Waals surface area contributed by atoms with Crippen molar-refractivity contribution < 1.29 is 4.79 Å². The number of carbonyl (C=O) groups excluding carboxylic acids is 1. The SMILES string of the molecule is CC(C)CCC(=O)C(C)c1ccncc1. The zero-order valence-corrected chi connectivity index (χ0v) is 9.73. The van der Waals surface area contributed by atoms with Gasteiger partial charge in [0.25, 0.3) is 0 Å². The van der Waals surface area contributed by atoms with Crippen molar-refractivity contribution in [2.45, 2.75) is 39.5 Å². The van der Waals surface area contributed by atoms with E-state index in [4.69, 9.17) is 0 Å². The molecule has 15 heavy (non-hydrogen) atoms. The minimum atomic E-state index is 0.00625. The lowest BCUT2D eigenvalue weighted by molar-refractivity contribution is -0.120. The van der Waals surface area contributed by atoms with Gasteiger partial charge in [0.1, 0.15) is 5.78 Å². The molecule has 1 heterocycles. The van der Waals surface area contributed by atoms with Gasteiger partial charge in [0.15, 0.2) is 0 Å². The molecule has 0 amide bonds. The van der Waals surface area contributed by atoms with Crippen molar-refractivity contribution in [3.63, 3.8) is 0 Å². The lowest BCUT2D eigenvalue weighted by atomic mass is 9.93. The molecule has 0 aliphatic carbocycles. The molecule has 1 unspecified atom stereocenters. The van der Waals surface area contributed by atoms with Crippen LogP contribution in [0.2, 0.25) is 0 Å². The second-order valence-corrected chi connectivity index (χ2v) is 4.40. The highest BCUT2D eigenvalue weighted by Crippen LogP contribution is 2.18. The lowest BCUT2D eigenvalue weighted by Gasteiger charge is -2.11. The maximum absolute atomic E-state index is 11.8. The molecule has 1 aromatic rings. The summed E-state index contributed by atoms with van der Waals surface area (Å²) in [6.45, 7) is 6.26. The van der Waals surface area contributed by atoms with Gasteiger partial charge >= 0.3 is 0 Å². The Morgan fingerprint density at radius 3 is 2.40 bits per heavy atom. The fourth-order valence-electron chi connectivity index (χ4n) is 1.49. The van der Waals surface area contributed by atoms with Gasteiger partial charge in [-0.2, -0.15) is 0 Å². The van der Waals surface area contributed by atoms with Crippen LogP contribution in [0.5, 0.6) is 0 Å². The first kappa shape index (κ1) is 11.9. The van der Waals surface area contributed by atoms with Crippen molar-refractivity contribution in [3.05, 3.63) is 30.1 Å². The number of aromatic nitrogens is 1. The molecule has 2 heteroatoms. The standard InChI is InChI=1S/C13H19NO/c1-10(2)4-5-13(15)11(3)12-6-8-14-9-7-12/h6-11H,4-5H2,1-3H3. The van der Waals surface area contributed by atoms with Gasteiger partial charge in [-0.3, -0.25) is 9.78 Å². The highest BCUT2D eigenvalue weighted by atomic mass is 16.1. The predicted octanol–water partition coefficient (Wildman–Crippen LogP) is 3.19. The van der Waals surface area contributed by atoms with Crippen LogP contribution in [0.4, 0.5) is 0 Å². The summed E-state index contributed by atoms with van der Waals surface area (Å²) in [4.78, 5) is 15.8. The Kier molecular flexibility index (Phi) is 4.47. The summed E-state index contributed by atoms with van der Waals surface area (Å²) in [5.41, 5.74) is 1.07. The summed E-state index contributed by atoms with van der Waals surface area (Å²) in [7, 11) is 0. The van der Waals surface area contributed by atoms with Crippen molar-refractivity contribution >= 4 is 5.78 Å². The number of hydrogen-bond acceptors (Lipinski definition) is 2. The fraction of sp³-hybridized carbons (Fsp3) is 0.538. The molecule has 0 bridgehead atoms. The van der Waals surface area contributed by atoms with E-state index >= 15 is 0 Å². The van der Waals surface area contributed by atoms with Gasteiger partial charge in [-0.05, 0) is 30.0 Å². The van der Waals surface area contributed by atoms with Crippen molar-refractivity contribution in [3.8, 4) is 0 Å². The molecule has 1 rings (SSSR count). The van der Waals surface area contributed by atoms with Crippen molar-refractivity contribution in [1.82, 2.24) is 4.98 Å². The Bertz CT molecular complexity index is 306. The van der Waals surface area contributed by atoms with E-state index in [0.717, 1.165) is 12.0 Å². The van der Waals surface area contributed by atoms with E-state index in [9.17, 15) is 4.79 Å². The third kappa shape index (κ3) is 3.82. The minimum absolute atomic E-state index is 0.00625. The van der Waals surface area contributed by atoms with Crippen LogP contribution in [-0.4, -0.2) is 10.8 Å². The number of pyridine rings is 1. The Morgan fingerprint density at radius 1 is 1.27 bits per heavy atom. The average molecular weight is 205 g/mol. The largest absolute Gasteiger partial charge is 0.299 e. The normalized spacial score (nSPS) is 12.8. The van der Waals surface area contributed by atoms with Crippen LogP contribution in [0.1, 0.15) is 45.1 Å². The maximum atomic E-state index is 11.8. The number of hydrogen-bond donors (Lipinski definition) is 0. The average Bonchev–Trinajstić information content (AvgIpc) is 2.26. The molecule has 0 aliphatic heterocycles. The van der Waals surface area contributed by atoms with Crippen molar-refractivity contribution in [1.29, 1.82) is 0 Å². The molecule has 0 saturated carbocycles. The van der Waals surface area contributed by atoms with Crippen LogP contribution in [-0.2, 0) is 4.79 Å². The first-order chi connectivity index (χ1) is 7.11. The Hall–Kier alpha value is -1.18. The monoisotopic (exact) mass is 205 g/mol. The van der Waals surface area contributed by atoms with E-state index in [1.807, 2.05) is 19.1 Å². The van der Waals surface area contributed by atoms with E-state index < -0.39 is 0 Å². The molecule has 0 aliphatic rings. The zero-order valence-electron chi connectivity index (χ0n) is 9.73. The summed E-state index contributed by atoms with van der Waals surface area (Å²) in [5.74, 6) is 0.931. The smallest absolute Gasteiger partial charge is 0.140 e. The van der Waals surface area contributed by atoms with Crippen molar-refractivity contribution in [2.24, 2.45) is 5.92 Å². The van der Waals surface area contributed by atoms with Crippen molar-refractivity contribution in [2.75, 3.05) is 0 Å². The number of rotatable bonds is 5. The third-order valence-corrected chi connectivity index (χ3v) is 2.66. The van der Waals surface area contributed by atoms with E-state index in [2.05, 4.69) is 18.8 Å². The van der Waals surface area contributed by atoms with Gasteiger partial charge in [-0.25, -0.2) is 0 Å². The fourth-order valence-corrected chi connectivity index (χ4v) is 1.49. The highest BCUT2D eigenvalue weighted by Gasteiger charge is 2.14. The Balaban J connectivity index is 2.54. The molecule has 1 atom stereocenters.